The molecule has 11 heavy (non-hydrogen) atoms. The van der Waals surface area contributed by atoms with Crippen LogP contribution >= 0.6 is 12.4 Å². The molecule has 1 aliphatic heterocycles. The van der Waals surface area contributed by atoms with Gasteiger partial charge in [-0.3, -0.25) is 0 Å². The van der Waals surface area contributed by atoms with E-state index in [0.29, 0.717) is 0 Å². The van der Waals surface area contributed by atoms with Crippen LogP contribution in [0.4, 0.5) is 0 Å². The lowest BCUT2D eigenvalue weighted by atomic mass is 9.85. The molecule has 3 nitrogen and oxygen atoms in total. The molecule has 1 rings (SSSR count). The number of hydrogen-bond donors (Lipinski definition) is 3. The minimum atomic E-state index is -0.0191. The molecule has 1 aliphatic rings. The number of halogens is 1. The van der Waals surface area contributed by atoms with Gasteiger partial charge in [-0.15, -0.1) is 12.4 Å². The van der Waals surface area contributed by atoms with Crippen molar-refractivity contribution in [3.8, 4) is 0 Å². The van der Waals surface area contributed by atoms with Gasteiger partial charge >= 0.3 is 0 Å². The molecule has 1 saturated heterocycles. The Morgan fingerprint density at radius 3 is 2.45 bits per heavy atom. The maximum atomic E-state index is 9.00. The second-order valence-electron chi connectivity index (χ2n) is 3.06. The molecule has 1 fully saturated rings. The third kappa shape index (κ3) is 2.60. The average Bonchev–Trinajstić information content (AvgIpc) is 2.39. The minimum absolute atomic E-state index is 0. The standard InChI is InChI=1S/C7H15NO2.ClH/c9-4-2-7(6-10)1-3-8-5-7;/h8-10H,1-6H2;1H. The zero-order chi connectivity index (χ0) is 7.45. The van der Waals surface area contributed by atoms with Gasteiger partial charge in [-0.1, -0.05) is 0 Å². The highest BCUT2D eigenvalue weighted by Gasteiger charge is 2.32. The van der Waals surface area contributed by atoms with Crippen molar-refractivity contribution in [2.75, 3.05) is 26.3 Å². The first-order valence-electron chi connectivity index (χ1n) is 3.75. The monoisotopic (exact) mass is 181 g/mol. The number of nitrogens with one attached hydrogen (secondary N) is 1. The summed E-state index contributed by atoms with van der Waals surface area (Å²) in [5.74, 6) is 0. The third-order valence-electron chi connectivity index (χ3n) is 2.31. The number of aliphatic hydroxyl groups excluding tert-OH is 2. The van der Waals surface area contributed by atoms with Crippen molar-refractivity contribution in [3.05, 3.63) is 0 Å². The quantitative estimate of drug-likeness (QED) is 0.564. The first-order valence-corrected chi connectivity index (χ1v) is 3.75. The number of aliphatic hydroxyl groups is 2. The first kappa shape index (κ1) is 11.2. The van der Waals surface area contributed by atoms with E-state index in [0.717, 1.165) is 25.9 Å². The molecule has 0 radical (unpaired) electrons. The van der Waals surface area contributed by atoms with Gasteiger partial charge in [0.2, 0.25) is 0 Å². The van der Waals surface area contributed by atoms with Crippen LogP contribution in [0.5, 0.6) is 0 Å². The van der Waals surface area contributed by atoms with Crippen molar-refractivity contribution in [2.24, 2.45) is 5.41 Å². The summed E-state index contributed by atoms with van der Waals surface area (Å²) in [4.78, 5) is 0. The molecule has 1 heterocycles. The molecule has 0 aliphatic carbocycles. The van der Waals surface area contributed by atoms with E-state index in [-0.39, 0.29) is 31.0 Å². The molecule has 0 spiro atoms. The van der Waals surface area contributed by atoms with Crippen LogP contribution in [0.25, 0.3) is 0 Å². The van der Waals surface area contributed by atoms with Gasteiger partial charge in [0.1, 0.15) is 0 Å². The summed E-state index contributed by atoms with van der Waals surface area (Å²) in [5.41, 5.74) is -0.0191. The van der Waals surface area contributed by atoms with Gasteiger partial charge in [0.05, 0.1) is 6.61 Å². The summed E-state index contributed by atoms with van der Waals surface area (Å²) in [6, 6.07) is 0. The number of rotatable bonds is 3. The maximum Gasteiger partial charge on any atom is 0.0500 e. The van der Waals surface area contributed by atoms with Crippen LogP contribution in [0.2, 0.25) is 0 Å². The molecule has 1 atom stereocenters. The minimum Gasteiger partial charge on any atom is -0.396 e. The maximum absolute atomic E-state index is 9.00. The molecule has 0 bridgehead atoms. The normalized spacial score (nSPS) is 30.0. The molecule has 0 aromatic rings. The lowest BCUT2D eigenvalue weighted by Gasteiger charge is -2.23. The van der Waals surface area contributed by atoms with Crippen molar-refractivity contribution < 1.29 is 10.2 Å². The van der Waals surface area contributed by atoms with E-state index in [2.05, 4.69) is 5.32 Å². The molecular formula is C7H16ClNO2. The summed E-state index contributed by atoms with van der Waals surface area (Å²) in [6.07, 6.45) is 1.71. The largest absolute Gasteiger partial charge is 0.396 e. The Labute approximate surface area is 73.2 Å². The van der Waals surface area contributed by atoms with E-state index in [1.807, 2.05) is 0 Å². The Morgan fingerprint density at radius 1 is 1.36 bits per heavy atom. The Balaban J connectivity index is 0.000001000. The summed E-state index contributed by atoms with van der Waals surface area (Å²) in [5, 5.41) is 20.9. The highest BCUT2D eigenvalue weighted by Crippen LogP contribution is 2.27. The van der Waals surface area contributed by atoms with Gasteiger partial charge < -0.3 is 15.5 Å². The second-order valence-corrected chi connectivity index (χ2v) is 3.06. The highest BCUT2D eigenvalue weighted by molar-refractivity contribution is 5.85. The van der Waals surface area contributed by atoms with E-state index in [1.165, 1.54) is 0 Å². The van der Waals surface area contributed by atoms with Crippen LogP contribution in [-0.4, -0.2) is 36.5 Å². The highest BCUT2D eigenvalue weighted by atomic mass is 35.5. The molecule has 1 unspecified atom stereocenters. The van der Waals surface area contributed by atoms with E-state index in [1.54, 1.807) is 0 Å². The zero-order valence-corrected chi connectivity index (χ0v) is 7.36. The molecule has 68 valence electrons. The van der Waals surface area contributed by atoms with Gasteiger partial charge in [-0.25, -0.2) is 0 Å². The van der Waals surface area contributed by atoms with Crippen molar-refractivity contribution in [1.82, 2.24) is 5.32 Å². The van der Waals surface area contributed by atoms with Crippen LogP contribution in [0.15, 0.2) is 0 Å². The van der Waals surface area contributed by atoms with Crippen molar-refractivity contribution in [2.45, 2.75) is 12.8 Å². The number of hydrogen-bond acceptors (Lipinski definition) is 3. The molecular weight excluding hydrogens is 166 g/mol. The summed E-state index contributed by atoms with van der Waals surface area (Å²) < 4.78 is 0. The van der Waals surface area contributed by atoms with Gasteiger partial charge in [-0.2, -0.15) is 0 Å². The van der Waals surface area contributed by atoms with Gasteiger partial charge in [0.25, 0.3) is 0 Å². The van der Waals surface area contributed by atoms with Gasteiger partial charge in [-0.05, 0) is 19.4 Å². The fourth-order valence-corrected chi connectivity index (χ4v) is 1.46. The van der Waals surface area contributed by atoms with Crippen LogP contribution in [0, 0.1) is 5.41 Å². The van der Waals surface area contributed by atoms with Crippen LogP contribution in [0.1, 0.15) is 12.8 Å². The fourth-order valence-electron chi connectivity index (χ4n) is 1.46. The Hall–Kier alpha value is 0.170. The molecule has 0 aromatic heterocycles. The van der Waals surface area contributed by atoms with Crippen LogP contribution in [-0.2, 0) is 0 Å². The fraction of sp³-hybridized carbons (Fsp3) is 1.00. The van der Waals surface area contributed by atoms with E-state index >= 15 is 0 Å². The Morgan fingerprint density at radius 2 is 2.09 bits per heavy atom. The predicted octanol–water partition coefficient (Wildman–Crippen LogP) is -0.237. The van der Waals surface area contributed by atoms with Crippen molar-refractivity contribution in [1.29, 1.82) is 0 Å². The topological polar surface area (TPSA) is 52.5 Å². The van der Waals surface area contributed by atoms with Crippen LogP contribution < -0.4 is 5.32 Å². The van der Waals surface area contributed by atoms with Gasteiger partial charge in [0.15, 0.2) is 0 Å². The van der Waals surface area contributed by atoms with Crippen molar-refractivity contribution in [3.63, 3.8) is 0 Å². The zero-order valence-electron chi connectivity index (χ0n) is 6.55. The summed E-state index contributed by atoms with van der Waals surface area (Å²) in [7, 11) is 0. The summed E-state index contributed by atoms with van der Waals surface area (Å²) in [6.45, 7) is 2.20. The summed E-state index contributed by atoms with van der Waals surface area (Å²) >= 11 is 0. The van der Waals surface area contributed by atoms with Crippen LogP contribution in [0.3, 0.4) is 0 Å². The van der Waals surface area contributed by atoms with E-state index < -0.39 is 0 Å². The smallest absolute Gasteiger partial charge is 0.0500 e. The average molecular weight is 182 g/mol. The predicted molar refractivity (Wildman–Crippen MR) is 46.0 cm³/mol. The molecule has 3 N–H and O–H groups in total. The van der Waals surface area contributed by atoms with Gasteiger partial charge in [0, 0.05) is 18.6 Å². The Bertz CT molecular complexity index is 105. The van der Waals surface area contributed by atoms with Crippen molar-refractivity contribution >= 4 is 12.4 Å². The third-order valence-corrected chi connectivity index (χ3v) is 2.31. The van der Waals surface area contributed by atoms with E-state index in [9.17, 15) is 0 Å². The molecule has 4 heteroatoms. The SMILES string of the molecule is Cl.OCCC1(CO)CCNC1. The second kappa shape index (κ2) is 4.93. The van der Waals surface area contributed by atoms with E-state index in [4.69, 9.17) is 10.2 Å². The molecule has 0 aromatic carbocycles. The lowest BCUT2D eigenvalue weighted by Crippen LogP contribution is -2.29. The lowest BCUT2D eigenvalue weighted by molar-refractivity contribution is 0.107. The Kier molecular flexibility index (Phi) is 5.01. The first-order chi connectivity index (χ1) is 4.83. The molecule has 0 saturated carbocycles. The molecule has 0 amide bonds.